The summed E-state index contributed by atoms with van der Waals surface area (Å²) in [7, 11) is 0. The van der Waals surface area contributed by atoms with Crippen molar-refractivity contribution in [3.05, 3.63) is 150 Å². The normalized spacial score (nSPS) is 14.8. The van der Waals surface area contributed by atoms with Gasteiger partial charge in [-0.2, -0.15) is 13.7 Å². The lowest BCUT2D eigenvalue weighted by Gasteiger charge is -2.27. The van der Waals surface area contributed by atoms with Crippen molar-refractivity contribution >= 4 is 21.9 Å². The number of hydrogen-bond donors (Lipinski definition) is 0. The number of pyridine rings is 2. The van der Waals surface area contributed by atoms with Gasteiger partial charge in [-0.15, -0.1) is 0 Å². The van der Waals surface area contributed by atoms with Gasteiger partial charge in [-0.3, -0.25) is 4.57 Å². The molecule has 4 nitrogen and oxygen atoms in total. The van der Waals surface area contributed by atoms with Gasteiger partial charge in [0.15, 0.2) is 6.20 Å². The van der Waals surface area contributed by atoms with Crippen LogP contribution in [0.4, 0.5) is 0 Å². The third kappa shape index (κ3) is 4.74. The predicted octanol–water partition coefficient (Wildman–Crippen LogP) is 11.1. The molecule has 4 aromatic carbocycles. The monoisotopic (exact) mass is 690 g/mol. The van der Waals surface area contributed by atoms with Crippen molar-refractivity contribution in [1.82, 2.24) is 9.13 Å². The first-order valence-corrected chi connectivity index (χ1v) is 19.0. The summed E-state index contributed by atoms with van der Waals surface area (Å²) in [5.41, 5.74) is 16.6. The van der Waals surface area contributed by atoms with E-state index in [4.69, 9.17) is 0 Å². The molecule has 1 atom stereocenters. The second kappa shape index (κ2) is 11.1. The average molecular weight is 691 g/mol. The molecule has 0 radical (unpaired) electrons. The summed E-state index contributed by atoms with van der Waals surface area (Å²) < 4.78 is 10.3. The van der Waals surface area contributed by atoms with Crippen LogP contribution in [0.3, 0.4) is 0 Å². The fourth-order valence-corrected chi connectivity index (χ4v) is 8.94. The molecule has 0 saturated carbocycles. The van der Waals surface area contributed by atoms with Crippen molar-refractivity contribution in [2.75, 3.05) is 0 Å². The van der Waals surface area contributed by atoms with Crippen LogP contribution in [0, 0.1) is 6.92 Å². The van der Waals surface area contributed by atoms with Crippen LogP contribution in [-0.2, 0) is 17.4 Å². The van der Waals surface area contributed by atoms with E-state index in [9.17, 15) is 0 Å². The van der Waals surface area contributed by atoms with Crippen molar-refractivity contribution in [1.29, 1.82) is 0 Å². The van der Waals surface area contributed by atoms with E-state index in [2.05, 4.69) is 200 Å². The first-order chi connectivity index (χ1) is 25.5. The molecular weight excluding hydrogens is 645 g/mol. The Balaban J connectivity index is 1.33. The van der Waals surface area contributed by atoms with Gasteiger partial charge in [0.25, 0.3) is 0 Å². The molecule has 10 rings (SSSR count). The highest BCUT2D eigenvalue weighted by Gasteiger charge is 2.43. The maximum Gasteiger partial charge on any atom is 0.318 e. The zero-order chi connectivity index (χ0) is 36.4. The molecule has 1 unspecified atom stereocenters. The highest BCUT2D eigenvalue weighted by atomic mass is 15.3. The third-order valence-electron chi connectivity index (χ3n) is 11.9. The van der Waals surface area contributed by atoms with Gasteiger partial charge < -0.3 is 0 Å². The molecule has 6 heterocycles. The second-order valence-corrected chi connectivity index (χ2v) is 17.2. The molecule has 4 heteroatoms. The van der Waals surface area contributed by atoms with Crippen molar-refractivity contribution in [3.8, 4) is 50.7 Å². The number of para-hydroxylation sites is 1. The van der Waals surface area contributed by atoms with E-state index in [1.807, 2.05) is 0 Å². The summed E-state index contributed by atoms with van der Waals surface area (Å²) in [6.45, 7) is 17.1. The van der Waals surface area contributed by atoms with Crippen LogP contribution >= 0.6 is 0 Å². The Bertz CT molecular complexity index is 2750. The number of benzene rings is 4. The molecule has 0 aliphatic carbocycles. The summed E-state index contributed by atoms with van der Waals surface area (Å²) in [5, 5.41) is 2.54. The minimum atomic E-state index is -0.0257. The molecule has 0 saturated heterocycles. The first kappa shape index (κ1) is 32.0. The van der Waals surface area contributed by atoms with E-state index in [-0.39, 0.29) is 17.0 Å². The highest BCUT2D eigenvalue weighted by molar-refractivity contribution is 6.07. The highest BCUT2D eigenvalue weighted by Crippen LogP contribution is 2.43. The Morgan fingerprint density at radius 3 is 1.98 bits per heavy atom. The quantitative estimate of drug-likeness (QED) is 0.161. The van der Waals surface area contributed by atoms with Crippen LogP contribution in [0.2, 0.25) is 0 Å². The standard InChI is InChI=1S/C49H46N4/c1-31-39-27-34(33-25-35(48(2,3)4)29-36(26-33)49(5,6)7)28-40(31)44-21-20-38-37-17-11-12-19-43(37)52-45-23-22-41(32-15-9-8-10-16-32)51(45)30-46(53(44)47(38)52)50-24-14-13-18-42(39)50/h8-29,46H,30H2,1-7H3/q+2. The van der Waals surface area contributed by atoms with Crippen LogP contribution < -0.4 is 9.13 Å². The summed E-state index contributed by atoms with van der Waals surface area (Å²) in [6.07, 6.45) is 2.27. The van der Waals surface area contributed by atoms with Crippen molar-refractivity contribution < 1.29 is 9.13 Å². The molecule has 2 aliphatic heterocycles. The van der Waals surface area contributed by atoms with Crippen molar-refractivity contribution in [2.45, 2.75) is 72.0 Å². The maximum absolute atomic E-state index is 2.65. The summed E-state index contributed by atoms with van der Waals surface area (Å²) in [5.74, 6) is 1.19. The van der Waals surface area contributed by atoms with E-state index in [1.165, 1.54) is 89.3 Å². The molecule has 8 aromatic rings. The van der Waals surface area contributed by atoms with Crippen LogP contribution in [0.15, 0.2) is 134 Å². The maximum atomic E-state index is 2.65. The lowest BCUT2D eigenvalue weighted by molar-refractivity contribution is -0.927. The molecule has 2 bridgehead atoms. The Labute approximate surface area is 312 Å². The number of rotatable bonds is 2. The number of nitrogens with zero attached hydrogens (tertiary/aromatic N) is 4. The van der Waals surface area contributed by atoms with E-state index in [1.54, 1.807) is 0 Å². The van der Waals surface area contributed by atoms with Crippen LogP contribution in [0.5, 0.6) is 0 Å². The van der Waals surface area contributed by atoms with E-state index < -0.39 is 0 Å². The molecule has 2 aliphatic rings. The average Bonchev–Trinajstić information content (AvgIpc) is 3.67. The lowest BCUT2D eigenvalue weighted by Crippen LogP contribution is -2.61. The van der Waals surface area contributed by atoms with Gasteiger partial charge in [-0.25, -0.2) is 0 Å². The van der Waals surface area contributed by atoms with Gasteiger partial charge in [-0.1, -0.05) is 102 Å². The third-order valence-corrected chi connectivity index (χ3v) is 11.9. The fraction of sp³-hybridized carbons (Fsp3) is 0.224. The Kier molecular flexibility index (Phi) is 6.71. The lowest BCUT2D eigenvalue weighted by atomic mass is 9.78. The first-order valence-electron chi connectivity index (χ1n) is 19.0. The van der Waals surface area contributed by atoms with Gasteiger partial charge in [0.2, 0.25) is 11.5 Å². The number of fused-ring (bicyclic) bond motifs is 11. The molecule has 4 aromatic heterocycles. The minimum Gasteiger partial charge on any atom is -0.297 e. The van der Waals surface area contributed by atoms with Crippen LogP contribution in [0.25, 0.3) is 72.7 Å². The van der Waals surface area contributed by atoms with Gasteiger partial charge in [0.1, 0.15) is 17.8 Å². The Morgan fingerprint density at radius 2 is 1.25 bits per heavy atom. The molecular formula is C49H46N4+2. The predicted molar refractivity (Wildman–Crippen MR) is 217 cm³/mol. The summed E-state index contributed by atoms with van der Waals surface area (Å²) in [6, 6.07) is 48.1. The summed E-state index contributed by atoms with van der Waals surface area (Å²) in [4.78, 5) is 0. The Morgan fingerprint density at radius 1 is 0.585 bits per heavy atom. The second-order valence-electron chi connectivity index (χ2n) is 17.2. The number of aromatic nitrogens is 4. The zero-order valence-corrected chi connectivity index (χ0v) is 31.8. The topological polar surface area (TPSA) is 17.6 Å². The van der Waals surface area contributed by atoms with Gasteiger partial charge in [0, 0.05) is 29.1 Å². The molecule has 260 valence electrons. The summed E-state index contributed by atoms with van der Waals surface area (Å²) >= 11 is 0. The van der Waals surface area contributed by atoms with Gasteiger partial charge in [-0.05, 0) is 99.7 Å². The zero-order valence-electron chi connectivity index (χ0n) is 31.8. The van der Waals surface area contributed by atoms with Crippen molar-refractivity contribution in [2.24, 2.45) is 0 Å². The molecule has 0 amide bonds. The Hall–Kier alpha value is -5.74. The largest absolute Gasteiger partial charge is 0.318 e. The van der Waals surface area contributed by atoms with Crippen molar-refractivity contribution in [3.63, 3.8) is 0 Å². The van der Waals surface area contributed by atoms with Gasteiger partial charge in [0.05, 0.1) is 16.6 Å². The smallest absolute Gasteiger partial charge is 0.297 e. The molecule has 53 heavy (non-hydrogen) atoms. The number of hydrogen-bond acceptors (Lipinski definition) is 0. The van der Waals surface area contributed by atoms with E-state index in [0.29, 0.717) is 0 Å². The molecule has 0 spiro atoms. The van der Waals surface area contributed by atoms with Crippen LogP contribution in [-0.4, -0.2) is 9.13 Å². The molecule has 0 N–H and O–H groups in total. The van der Waals surface area contributed by atoms with Crippen LogP contribution in [0.1, 0.15) is 64.4 Å². The van der Waals surface area contributed by atoms with Gasteiger partial charge >= 0.3 is 11.8 Å². The van der Waals surface area contributed by atoms with E-state index >= 15 is 0 Å². The fourth-order valence-electron chi connectivity index (χ4n) is 8.94. The minimum absolute atomic E-state index is 0.0257. The SMILES string of the molecule is Cc1c2cc(-c3cc(C(C)(C)C)cc(C(C)(C)C)c3)cc1-c1ccc3c4ccccc4n4c3[n+]1C(Cn1c(-c3ccccc3)ccc1-4)[n+]1ccccc1-2. The molecule has 0 fully saturated rings. The van der Waals surface area contributed by atoms with E-state index in [0.717, 1.165) is 6.54 Å².